The van der Waals surface area contributed by atoms with Crippen LogP contribution in [0.3, 0.4) is 0 Å². The third-order valence-electron chi connectivity index (χ3n) is 5.83. The summed E-state index contributed by atoms with van der Waals surface area (Å²) in [6.45, 7) is -0.295. The Hall–Kier alpha value is -2.72. The van der Waals surface area contributed by atoms with Gasteiger partial charge in [0.1, 0.15) is 12.1 Å². The van der Waals surface area contributed by atoms with Crippen LogP contribution in [0.2, 0.25) is 0 Å². The van der Waals surface area contributed by atoms with Crippen molar-refractivity contribution in [2.45, 2.75) is 24.9 Å². The molecule has 0 saturated heterocycles. The molecular formula is C18H24N4O6. The molecule has 3 rings (SSSR count). The van der Waals surface area contributed by atoms with Crippen molar-refractivity contribution in [2.24, 2.45) is 35.1 Å². The maximum atomic E-state index is 12.4. The Bertz CT molecular complexity index is 776. The zero-order chi connectivity index (χ0) is 20.6. The van der Waals surface area contributed by atoms with Gasteiger partial charge in [-0.1, -0.05) is 12.2 Å². The molecule has 0 aromatic heterocycles. The van der Waals surface area contributed by atoms with Crippen LogP contribution in [0.25, 0.3) is 0 Å². The number of carboxylic acids is 2. The molecule has 152 valence electrons. The molecule has 0 aliphatic heterocycles. The lowest BCUT2D eigenvalue weighted by Gasteiger charge is -2.24. The lowest BCUT2D eigenvalue weighted by atomic mass is 9.81. The van der Waals surface area contributed by atoms with Gasteiger partial charge in [0.2, 0.25) is 11.8 Å². The van der Waals surface area contributed by atoms with Gasteiger partial charge in [-0.3, -0.25) is 19.2 Å². The number of nitrogens with one attached hydrogen (secondary N) is 2. The molecule has 0 aromatic carbocycles. The molecule has 0 aromatic rings. The van der Waals surface area contributed by atoms with Gasteiger partial charge in [-0.25, -0.2) is 0 Å². The lowest BCUT2D eigenvalue weighted by molar-refractivity contribution is -0.139. The standard InChI is InChI=1S/C18H24N4O6/c19-13(17(25)26)5-21-15(23)8-3-9-7-1-11(10(9)4-8)12(2-7)16(24)22-6-14(20)18(27)28/h2-3,7,9-11,13-14H,1,4-6,19-20H2,(H,21,23)(H,22,24)(H,25,26)(H,27,28)/t7-,9+,10+,11-,13?,14?/m1/s1. The van der Waals surface area contributed by atoms with Gasteiger partial charge in [0.25, 0.3) is 0 Å². The van der Waals surface area contributed by atoms with Gasteiger partial charge >= 0.3 is 11.9 Å². The number of aliphatic carboxylic acids is 2. The predicted octanol–water partition coefficient (Wildman–Crippen LogP) is -1.82. The Balaban J connectivity index is 1.56. The van der Waals surface area contributed by atoms with Crippen molar-refractivity contribution < 1.29 is 29.4 Å². The number of hydrogen-bond acceptors (Lipinski definition) is 6. The van der Waals surface area contributed by atoms with E-state index in [0.717, 1.165) is 6.42 Å². The first-order chi connectivity index (χ1) is 13.2. The number of carbonyl (C=O) groups is 4. The molecule has 28 heavy (non-hydrogen) atoms. The van der Waals surface area contributed by atoms with Crippen LogP contribution in [0.4, 0.5) is 0 Å². The SMILES string of the molecule is NC(CNC(=O)C1=C[C@@H]2[C@H](C1)[C@H]1C[C@@H]2C=C1C(=O)NCC(N)C(=O)O)C(=O)O. The van der Waals surface area contributed by atoms with Crippen molar-refractivity contribution in [3.8, 4) is 0 Å². The minimum Gasteiger partial charge on any atom is -0.480 e. The molecule has 3 aliphatic rings. The molecule has 10 nitrogen and oxygen atoms in total. The summed E-state index contributed by atoms with van der Waals surface area (Å²) in [5.74, 6) is -2.51. The van der Waals surface area contributed by atoms with E-state index in [1.54, 1.807) is 0 Å². The van der Waals surface area contributed by atoms with Gasteiger partial charge in [0.15, 0.2) is 0 Å². The minimum absolute atomic E-state index is 0.0129. The van der Waals surface area contributed by atoms with Crippen LogP contribution in [0.15, 0.2) is 23.3 Å². The lowest BCUT2D eigenvalue weighted by Crippen LogP contribution is -2.43. The van der Waals surface area contributed by atoms with E-state index in [-0.39, 0.29) is 48.6 Å². The molecule has 10 heteroatoms. The molecule has 0 heterocycles. The first-order valence-electron chi connectivity index (χ1n) is 9.14. The molecule has 1 saturated carbocycles. The van der Waals surface area contributed by atoms with E-state index >= 15 is 0 Å². The Morgan fingerprint density at radius 3 is 2.14 bits per heavy atom. The number of amides is 2. The largest absolute Gasteiger partial charge is 0.480 e. The molecule has 2 amide bonds. The highest BCUT2D eigenvalue weighted by atomic mass is 16.4. The molecule has 3 aliphatic carbocycles. The summed E-state index contributed by atoms with van der Waals surface area (Å²) in [6.07, 6.45) is 5.17. The van der Waals surface area contributed by atoms with Crippen LogP contribution in [0.1, 0.15) is 12.8 Å². The van der Waals surface area contributed by atoms with Gasteiger partial charge < -0.3 is 32.3 Å². The highest BCUT2D eigenvalue weighted by Crippen LogP contribution is 2.57. The van der Waals surface area contributed by atoms with Crippen molar-refractivity contribution in [3.05, 3.63) is 23.3 Å². The second-order valence-corrected chi connectivity index (χ2v) is 7.57. The summed E-state index contributed by atoms with van der Waals surface area (Å²) in [7, 11) is 0. The van der Waals surface area contributed by atoms with Crippen LogP contribution >= 0.6 is 0 Å². The zero-order valence-electron chi connectivity index (χ0n) is 15.1. The second-order valence-electron chi connectivity index (χ2n) is 7.57. The van der Waals surface area contributed by atoms with E-state index in [1.165, 1.54) is 0 Å². The Kier molecular flexibility index (Phi) is 5.52. The number of nitrogens with two attached hydrogens (primary N) is 2. The van der Waals surface area contributed by atoms with Crippen molar-refractivity contribution in [2.75, 3.05) is 13.1 Å². The minimum atomic E-state index is -1.18. The van der Waals surface area contributed by atoms with Crippen molar-refractivity contribution in [1.82, 2.24) is 10.6 Å². The van der Waals surface area contributed by atoms with Gasteiger partial charge in [-0.05, 0) is 36.5 Å². The Morgan fingerprint density at radius 1 is 1.00 bits per heavy atom. The van der Waals surface area contributed by atoms with Gasteiger partial charge in [0, 0.05) is 24.2 Å². The van der Waals surface area contributed by atoms with E-state index in [0.29, 0.717) is 17.6 Å². The van der Waals surface area contributed by atoms with Gasteiger partial charge in [-0.15, -0.1) is 0 Å². The quantitative estimate of drug-likeness (QED) is 0.279. The Morgan fingerprint density at radius 2 is 1.57 bits per heavy atom. The molecule has 1 fully saturated rings. The average molecular weight is 392 g/mol. The number of rotatable bonds is 8. The molecule has 0 spiro atoms. The van der Waals surface area contributed by atoms with Crippen LogP contribution in [-0.2, 0) is 19.2 Å². The fourth-order valence-corrected chi connectivity index (χ4v) is 4.39. The van der Waals surface area contributed by atoms with Crippen LogP contribution in [0.5, 0.6) is 0 Å². The summed E-state index contributed by atoms with van der Waals surface area (Å²) < 4.78 is 0. The maximum absolute atomic E-state index is 12.4. The zero-order valence-corrected chi connectivity index (χ0v) is 15.1. The van der Waals surface area contributed by atoms with Gasteiger partial charge in [-0.2, -0.15) is 0 Å². The van der Waals surface area contributed by atoms with E-state index in [9.17, 15) is 19.2 Å². The van der Waals surface area contributed by atoms with Crippen molar-refractivity contribution in [1.29, 1.82) is 0 Å². The smallest absolute Gasteiger partial charge is 0.322 e. The number of carboxylic acid groups (broad SMARTS) is 2. The molecule has 2 unspecified atom stereocenters. The summed E-state index contributed by atoms with van der Waals surface area (Å²) in [5.41, 5.74) is 12.0. The third-order valence-corrected chi connectivity index (χ3v) is 5.83. The normalized spacial score (nSPS) is 29.4. The van der Waals surface area contributed by atoms with Crippen LogP contribution in [-0.4, -0.2) is 59.1 Å². The molecule has 8 N–H and O–H groups in total. The topological polar surface area (TPSA) is 185 Å². The fourth-order valence-electron chi connectivity index (χ4n) is 4.39. The summed E-state index contributed by atoms with van der Waals surface area (Å²) in [4.78, 5) is 46.2. The van der Waals surface area contributed by atoms with Crippen molar-refractivity contribution >= 4 is 23.8 Å². The summed E-state index contributed by atoms with van der Waals surface area (Å²) >= 11 is 0. The Labute approximate surface area is 161 Å². The van der Waals surface area contributed by atoms with Crippen LogP contribution in [0, 0.1) is 23.7 Å². The van der Waals surface area contributed by atoms with E-state index in [2.05, 4.69) is 10.6 Å². The number of hydrogen-bond donors (Lipinski definition) is 6. The first-order valence-corrected chi connectivity index (χ1v) is 9.14. The number of fused-ring (bicyclic) bond motifs is 5. The highest BCUT2D eigenvalue weighted by Gasteiger charge is 2.51. The van der Waals surface area contributed by atoms with E-state index in [4.69, 9.17) is 21.7 Å². The maximum Gasteiger partial charge on any atom is 0.322 e. The molecule has 0 radical (unpaired) electrons. The first kappa shape index (κ1) is 20.0. The molecule has 6 atom stereocenters. The monoisotopic (exact) mass is 392 g/mol. The van der Waals surface area contributed by atoms with E-state index < -0.39 is 24.0 Å². The fraction of sp³-hybridized carbons (Fsp3) is 0.556. The van der Waals surface area contributed by atoms with E-state index in [1.807, 2.05) is 12.2 Å². The third kappa shape index (κ3) is 3.78. The van der Waals surface area contributed by atoms with Gasteiger partial charge in [0.05, 0.1) is 0 Å². The average Bonchev–Trinajstić information content (AvgIpc) is 3.34. The number of carbonyl (C=O) groups excluding carboxylic acids is 2. The predicted molar refractivity (Wildman–Crippen MR) is 96.6 cm³/mol. The molecule has 2 bridgehead atoms. The number of allylic oxidation sites excluding steroid dienone is 2. The van der Waals surface area contributed by atoms with Crippen LogP contribution < -0.4 is 22.1 Å². The highest BCUT2D eigenvalue weighted by molar-refractivity contribution is 5.96. The van der Waals surface area contributed by atoms with Crippen molar-refractivity contribution in [3.63, 3.8) is 0 Å². The summed E-state index contributed by atoms with van der Waals surface area (Å²) in [5, 5.41) is 22.7. The summed E-state index contributed by atoms with van der Waals surface area (Å²) in [6, 6.07) is -2.31. The molecular weight excluding hydrogens is 368 g/mol. The second kappa shape index (κ2) is 7.72.